The van der Waals surface area contributed by atoms with Crippen molar-refractivity contribution in [2.45, 2.75) is 12.8 Å². The fraction of sp³-hybridized carbons (Fsp3) is 0.286. The summed E-state index contributed by atoms with van der Waals surface area (Å²) in [6.07, 6.45) is 7.47. The van der Waals surface area contributed by atoms with Crippen molar-refractivity contribution in [2.24, 2.45) is 0 Å². The molecule has 0 saturated heterocycles. The summed E-state index contributed by atoms with van der Waals surface area (Å²) in [6.45, 7) is 3.49. The Morgan fingerprint density at radius 2 is 2.14 bits per heavy atom. The maximum absolute atomic E-state index is 6.41. The summed E-state index contributed by atoms with van der Waals surface area (Å²) in [5.74, 6) is 7.53. The molecule has 0 heterocycles. The number of hydrogen-bond donors (Lipinski definition) is 0. The lowest BCUT2D eigenvalue weighted by Gasteiger charge is -1.65. The summed E-state index contributed by atoms with van der Waals surface area (Å²) in [4.78, 5) is 0. The largest absolute Gasteiger partial charge is 0.102 e. The van der Waals surface area contributed by atoms with E-state index in [1.807, 2.05) is 0 Å². The van der Waals surface area contributed by atoms with E-state index in [4.69, 9.17) is 6.42 Å². The molecule has 0 aromatic heterocycles. The lowest BCUT2D eigenvalue weighted by Crippen LogP contribution is -1.56. The van der Waals surface area contributed by atoms with Gasteiger partial charge in [0.05, 0.1) is 6.42 Å². The van der Waals surface area contributed by atoms with Crippen LogP contribution in [0, 0.1) is 31.1 Å². The summed E-state index contributed by atoms with van der Waals surface area (Å²) in [5.41, 5.74) is 0. The zero-order valence-corrected chi connectivity index (χ0v) is 4.12. The Hall–Kier alpha value is -0.880. The second kappa shape index (κ2) is 5.12. The molecular weight excluding hydrogens is 84.1 g/mol. The third kappa shape index (κ3) is 5.12. The maximum Gasteiger partial charge on any atom is 0.0712 e. The van der Waals surface area contributed by atoms with Gasteiger partial charge in [0.25, 0.3) is 0 Å². The van der Waals surface area contributed by atoms with Gasteiger partial charge in [0, 0.05) is 6.42 Å². The predicted octanol–water partition coefficient (Wildman–Crippen LogP) is 1.19. The second-order valence-corrected chi connectivity index (χ2v) is 0.957. The Balaban J connectivity index is 3.12. The van der Waals surface area contributed by atoms with Gasteiger partial charge in [-0.1, -0.05) is 11.8 Å². The summed E-state index contributed by atoms with van der Waals surface area (Å²) >= 11 is 0. The molecule has 0 aliphatic carbocycles. The van der Waals surface area contributed by atoms with Crippen molar-refractivity contribution in [1.29, 1.82) is 0 Å². The topological polar surface area (TPSA) is 0 Å². The average molecular weight is 90.1 g/mol. The van der Waals surface area contributed by atoms with Gasteiger partial charge in [-0.25, -0.2) is 0 Å². The van der Waals surface area contributed by atoms with E-state index >= 15 is 0 Å². The minimum Gasteiger partial charge on any atom is -0.102 e. The zero-order valence-electron chi connectivity index (χ0n) is 4.12. The van der Waals surface area contributed by atoms with Crippen LogP contribution in [0.2, 0.25) is 0 Å². The van der Waals surface area contributed by atoms with Gasteiger partial charge in [-0.15, -0.1) is 5.92 Å². The van der Waals surface area contributed by atoms with Crippen molar-refractivity contribution in [3.05, 3.63) is 13.3 Å². The molecule has 0 aliphatic rings. The molecular formula is C7H6. The average Bonchev–Trinajstić information content (AvgIpc) is 1.69. The Kier molecular flexibility index (Phi) is 4.48. The highest BCUT2D eigenvalue weighted by atomic mass is 13.6. The van der Waals surface area contributed by atoms with Gasteiger partial charge in [-0.3, -0.25) is 0 Å². The quantitative estimate of drug-likeness (QED) is 0.392. The van der Waals surface area contributed by atoms with Crippen molar-refractivity contribution in [3.63, 3.8) is 0 Å². The molecule has 0 fully saturated rings. The SMILES string of the molecule is [C]#CCC#CC[CH2]. The van der Waals surface area contributed by atoms with E-state index in [0.29, 0.717) is 12.8 Å². The standard InChI is InChI=1S/C7H6/c1-3-5-7-6-4-2/h1,3,6H2. The van der Waals surface area contributed by atoms with Gasteiger partial charge < -0.3 is 0 Å². The Morgan fingerprint density at radius 3 is 2.57 bits per heavy atom. The van der Waals surface area contributed by atoms with Crippen molar-refractivity contribution < 1.29 is 0 Å². The Labute approximate surface area is 44.9 Å². The van der Waals surface area contributed by atoms with Crippen LogP contribution >= 0.6 is 0 Å². The molecule has 0 rings (SSSR count). The van der Waals surface area contributed by atoms with Crippen molar-refractivity contribution in [3.8, 4) is 17.8 Å². The van der Waals surface area contributed by atoms with Gasteiger partial charge in [-0.05, 0) is 13.3 Å². The molecule has 0 nitrogen and oxygen atoms in total. The zero-order chi connectivity index (χ0) is 5.54. The van der Waals surface area contributed by atoms with Crippen LogP contribution < -0.4 is 0 Å². The first-order valence-electron chi connectivity index (χ1n) is 2.06. The van der Waals surface area contributed by atoms with E-state index in [9.17, 15) is 0 Å². The predicted molar refractivity (Wildman–Crippen MR) is 29.5 cm³/mol. The van der Waals surface area contributed by atoms with Gasteiger partial charge in [0.1, 0.15) is 0 Å². The van der Waals surface area contributed by atoms with Gasteiger partial charge >= 0.3 is 0 Å². The fourth-order valence-corrected chi connectivity index (χ4v) is 0.195. The molecule has 34 valence electrons. The Morgan fingerprint density at radius 1 is 1.43 bits per heavy atom. The third-order valence-electron chi connectivity index (χ3n) is 0.427. The first-order valence-corrected chi connectivity index (χ1v) is 2.06. The van der Waals surface area contributed by atoms with Crippen molar-refractivity contribution in [2.75, 3.05) is 0 Å². The third-order valence-corrected chi connectivity index (χ3v) is 0.427. The normalized spacial score (nSPS) is 5.71. The molecule has 7 heavy (non-hydrogen) atoms. The molecule has 0 spiro atoms. The lowest BCUT2D eigenvalue weighted by molar-refractivity contribution is 1.45. The van der Waals surface area contributed by atoms with Gasteiger partial charge in [0.15, 0.2) is 0 Å². The summed E-state index contributed by atoms with van der Waals surface area (Å²) < 4.78 is 0. The van der Waals surface area contributed by atoms with Gasteiger partial charge in [-0.2, -0.15) is 0 Å². The molecule has 0 bridgehead atoms. The summed E-state index contributed by atoms with van der Waals surface area (Å²) in [6, 6.07) is 0. The molecule has 0 aromatic rings. The van der Waals surface area contributed by atoms with Crippen LogP contribution in [0.25, 0.3) is 0 Å². The van der Waals surface area contributed by atoms with E-state index in [1.54, 1.807) is 0 Å². The van der Waals surface area contributed by atoms with Crippen LogP contribution in [0.3, 0.4) is 0 Å². The highest BCUT2D eigenvalue weighted by molar-refractivity contribution is 5.05. The molecule has 0 unspecified atom stereocenters. The molecule has 0 heteroatoms. The highest BCUT2D eigenvalue weighted by Gasteiger charge is 1.60. The van der Waals surface area contributed by atoms with E-state index in [2.05, 4.69) is 24.7 Å². The van der Waals surface area contributed by atoms with Crippen LogP contribution in [0.4, 0.5) is 0 Å². The second-order valence-electron chi connectivity index (χ2n) is 0.957. The number of hydrogen-bond acceptors (Lipinski definition) is 0. The van der Waals surface area contributed by atoms with E-state index in [1.165, 1.54) is 0 Å². The smallest absolute Gasteiger partial charge is 0.0712 e. The van der Waals surface area contributed by atoms with Crippen LogP contribution in [-0.4, -0.2) is 0 Å². The lowest BCUT2D eigenvalue weighted by atomic mass is 10.4. The van der Waals surface area contributed by atoms with E-state index in [-0.39, 0.29) is 0 Å². The first kappa shape index (κ1) is 6.12. The van der Waals surface area contributed by atoms with Crippen LogP contribution in [0.1, 0.15) is 12.8 Å². The number of rotatable bonds is 0. The fourth-order valence-electron chi connectivity index (χ4n) is 0.195. The van der Waals surface area contributed by atoms with Crippen molar-refractivity contribution >= 4 is 0 Å². The maximum atomic E-state index is 6.41. The van der Waals surface area contributed by atoms with Crippen LogP contribution in [-0.2, 0) is 0 Å². The molecule has 2 radical (unpaired) electrons. The summed E-state index contributed by atoms with van der Waals surface area (Å²) in [7, 11) is 0. The highest BCUT2D eigenvalue weighted by Crippen LogP contribution is 1.70. The molecule has 0 saturated carbocycles. The molecule has 0 N–H and O–H groups in total. The minimum absolute atomic E-state index is 0.440. The molecule has 0 aliphatic heterocycles. The Bertz CT molecular complexity index is 115. The van der Waals surface area contributed by atoms with Crippen LogP contribution in [0.15, 0.2) is 0 Å². The van der Waals surface area contributed by atoms with Gasteiger partial charge in [0.2, 0.25) is 0 Å². The van der Waals surface area contributed by atoms with Crippen molar-refractivity contribution in [1.82, 2.24) is 0 Å². The molecule has 0 aromatic carbocycles. The minimum atomic E-state index is 0.440. The van der Waals surface area contributed by atoms with E-state index in [0.717, 1.165) is 0 Å². The summed E-state index contributed by atoms with van der Waals surface area (Å²) in [5, 5.41) is 0. The monoisotopic (exact) mass is 90.0 g/mol. The molecule has 0 amide bonds. The van der Waals surface area contributed by atoms with E-state index < -0.39 is 0 Å². The van der Waals surface area contributed by atoms with Crippen LogP contribution in [0.5, 0.6) is 0 Å². The molecule has 0 atom stereocenters. The first-order chi connectivity index (χ1) is 3.41.